The Morgan fingerprint density at radius 3 is 2.41 bits per heavy atom. The van der Waals surface area contributed by atoms with Gasteiger partial charge in [0, 0.05) is 31.3 Å². The number of benzene rings is 1. The van der Waals surface area contributed by atoms with Gasteiger partial charge in [-0.3, -0.25) is 9.59 Å². The number of amides is 2. The summed E-state index contributed by atoms with van der Waals surface area (Å²) in [6, 6.07) is 6.14. The number of nitrogens with zero attached hydrogens (tertiary/aromatic N) is 2. The first-order valence-electron chi connectivity index (χ1n) is 10.1. The number of likely N-dealkylation sites (tertiary alicyclic amines) is 1. The predicted octanol–water partition coefficient (Wildman–Crippen LogP) is 3.45. The highest BCUT2D eigenvalue weighted by Crippen LogP contribution is 2.45. The van der Waals surface area contributed by atoms with Crippen LogP contribution in [-0.2, 0) is 16.0 Å². The second kappa shape index (κ2) is 7.82. The van der Waals surface area contributed by atoms with E-state index >= 15 is 0 Å². The molecule has 2 aliphatic heterocycles. The molecule has 1 aromatic carbocycles. The summed E-state index contributed by atoms with van der Waals surface area (Å²) in [5, 5.41) is 0. The Morgan fingerprint density at radius 1 is 1.07 bits per heavy atom. The molecule has 1 spiro atoms. The first-order valence-corrected chi connectivity index (χ1v) is 11.0. The summed E-state index contributed by atoms with van der Waals surface area (Å²) >= 11 is 1.91. The van der Waals surface area contributed by atoms with Gasteiger partial charge in [-0.05, 0) is 43.4 Å². The summed E-state index contributed by atoms with van der Waals surface area (Å²) in [7, 11) is 0. The summed E-state index contributed by atoms with van der Waals surface area (Å²) in [6.07, 6.45) is 6.45. The second-order valence-corrected chi connectivity index (χ2v) is 9.41. The molecule has 27 heavy (non-hydrogen) atoms. The Morgan fingerprint density at radius 2 is 1.74 bits per heavy atom. The van der Waals surface area contributed by atoms with Gasteiger partial charge in [0.2, 0.25) is 11.8 Å². The van der Waals surface area contributed by atoms with Crippen molar-refractivity contribution < 1.29 is 14.0 Å². The lowest BCUT2D eigenvalue weighted by Gasteiger charge is -2.44. The minimum absolute atomic E-state index is 0.0909. The van der Waals surface area contributed by atoms with Gasteiger partial charge in [-0.15, -0.1) is 11.8 Å². The number of hydrogen-bond acceptors (Lipinski definition) is 3. The zero-order chi connectivity index (χ0) is 18.9. The van der Waals surface area contributed by atoms with Gasteiger partial charge in [0.15, 0.2) is 0 Å². The van der Waals surface area contributed by atoms with Crippen molar-refractivity contribution in [3.8, 4) is 0 Å². The minimum Gasteiger partial charge on any atom is -0.342 e. The molecule has 4 rings (SSSR count). The molecule has 0 bridgehead atoms. The molecule has 2 saturated heterocycles. The van der Waals surface area contributed by atoms with Crippen LogP contribution in [0.2, 0.25) is 0 Å². The number of rotatable bonds is 3. The highest BCUT2D eigenvalue weighted by atomic mass is 32.2. The van der Waals surface area contributed by atoms with Crippen molar-refractivity contribution in [3.63, 3.8) is 0 Å². The van der Waals surface area contributed by atoms with Crippen molar-refractivity contribution >= 4 is 23.6 Å². The molecule has 0 aromatic heterocycles. The van der Waals surface area contributed by atoms with Gasteiger partial charge in [0.25, 0.3) is 0 Å². The molecule has 0 N–H and O–H groups in total. The summed E-state index contributed by atoms with van der Waals surface area (Å²) in [4.78, 5) is 29.6. The number of thioether (sulfide) groups is 1. The maximum atomic E-state index is 13.0. The van der Waals surface area contributed by atoms with E-state index in [-0.39, 0.29) is 22.5 Å². The van der Waals surface area contributed by atoms with E-state index in [1.807, 2.05) is 16.7 Å². The molecule has 3 aliphatic rings. The smallest absolute Gasteiger partial charge is 0.226 e. The lowest BCUT2D eigenvalue weighted by molar-refractivity contribution is -0.140. The Kier molecular flexibility index (Phi) is 5.44. The molecule has 1 saturated carbocycles. The van der Waals surface area contributed by atoms with Crippen LogP contribution in [0.3, 0.4) is 0 Å². The van der Waals surface area contributed by atoms with E-state index in [4.69, 9.17) is 0 Å². The van der Waals surface area contributed by atoms with E-state index in [1.165, 1.54) is 25.0 Å². The Hall–Kier alpha value is -1.56. The third kappa shape index (κ3) is 3.86. The van der Waals surface area contributed by atoms with Crippen molar-refractivity contribution in [2.45, 2.75) is 49.8 Å². The Labute approximate surface area is 164 Å². The number of halogens is 1. The molecule has 6 heteroatoms. The average molecular weight is 391 g/mol. The quantitative estimate of drug-likeness (QED) is 0.794. The first-order chi connectivity index (χ1) is 13.1. The van der Waals surface area contributed by atoms with E-state index < -0.39 is 0 Å². The largest absolute Gasteiger partial charge is 0.342 e. The van der Waals surface area contributed by atoms with E-state index in [0.717, 1.165) is 43.5 Å². The fraction of sp³-hybridized carbons (Fsp3) is 0.619. The fourth-order valence-electron chi connectivity index (χ4n) is 4.72. The SMILES string of the molecule is O=C(Cc1ccc(F)cc1)N1CCC2(CC1)SCCN2C(=O)C1CCCC1. The third-order valence-corrected chi connectivity index (χ3v) is 7.87. The number of hydrogen-bond donors (Lipinski definition) is 0. The Balaban J connectivity index is 1.36. The zero-order valence-electron chi connectivity index (χ0n) is 15.7. The van der Waals surface area contributed by atoms with Crippen LogP contribution >= 0.6 is 11.8 Å². The van der Waals surface area contributed by atoms with Crippen molar-refractivity contribution in [1.29, 1.82) is 0 Å². The van der Waals surface area contributed by atoms with Crippen LogP contribution in [0, 0.1) is 11.7 Å². The standard InChI is InChI=1S/C21H27FN2O2S/c22-18-7-5-16(6-8-18)15-19(25)23-11-9-21(10-12-23)24(13-14-27-21)20(26)17-3-1-2-4-17/h5-8,17H,1-4,9-15H2. The third-order valence-electron chi connectivity index (χ3n) is 6.31. The molecule has 1 aliphatic carbocycles. The van der Waals surface area contributed by atoms with Gasteiger partial charge in [0.05, 0.1) is 11.3 Å². The fourth-order valence-corrected chi connectivity index (χ4v) is 6.18. The summed E-state index contributed by atoms with van der Waals surface area (Å²) < 4.78 is 13.0. The molecule has 146 valence electrons. The molecule has 4 nitrogen and oxygen atoms in total. The van der Waals surface area contributed by atoms with Crippen molar-refractivity contribution in [1.82, 2.24) is 9.80 Å². The molecule has 0 atom stereocenters. The molecule has 3 fully saturated rings. The van der Waals surface area contributed by atoms with Crippen LogP contribution in [0.5, 0.6) is 0 Å². The Bertz CT molecular complexity index is 695. The average Bonchev–Trinajstić information content (AvgIpc) is 3.34. The maximum absolute atomic E-state index is 13.0. The molecule has 1 aromatic rings. The van der Waals surface area contributed by atoms with Gasteiger partial charge in [-0.2, -0.15) is 0 Å². The zero-order valence-corrected chi connectivity index (χ0v) is 16.5. The van der Waals surface area contributed by atoms with Gasteiger partial charge in [-0.1, -0.05) is 25.0 Å². The van der Waals surface area contributed by atoms with Crippen molar-refractivity contribution in [2.75, 3.05) is 25.4 Å². The lowest BCUT2D eigenvalue weighted by atomic mass is 9.98. The van der Waals surface area contributed by atoms with Gasteiger partial charge in [0.1, 0.15) is 5.82 Å². The monoisotopic (exact) mass is 390 g/mol. The normalized spacial score (nSPS) is 22.6. The lowest BCUT2D eigenvalue weighted by Crippen LogP contribution is -2.54. The van der Waals surface area contributed by atoms with E-state index in [9.17, 15) is 14.0 Å². The topological polar surface area (TPSA) is 40.6 Å². The van der Waals surface area contributed by atoms with Crippen LogP contribution in [0.15, 0.2) is 24.3 Å². The van der Waals surface area contributed by atoms with Crippen LogP contribution < -0.4 is 0 Å². The van der Waals surface area contributed by atoms with Crippen LogP contribution in [0.1, 0.15) is 44.1 Å². The molecular formula is C21H27FN2O2S. The molecule has 0 radical (unpaired) electrons. The van der Waals surface area contributed by atoms with Crippen LogP contribution in [-0.4, -0.2) is 51.9 Å². The van der Waals surface area contributed by atoms with Crippen LogP contribution in [0.25, 0.3) is 0 Å². The van der Waals surface area contributed by atoms with Gasteiger partial charge >= 0.3 is 0 Å². The number of carbonyl (C=O) groups is 2. The predicted molar refractivity (Wildman–Crippen MR) is 105 cm³/mol. The highest BCUT2D eigenvalue weighted by Gasteiger charge is 2.48. The number of carbonyl (C=O) groups excluding carboxylic acids is 2. The minimum atomic E-state index is -0.281. The summed E-state index contributed by atoms with van der Waals surface area (Å²) in [5.41, 5.74) is 0.843. The van der Waals surface area contributed by atoms with Crippen molar-refractivity contribution in [3.05, 3.63) is 35.6 Å². The van der Waals surface area contributed by atoms with Gasteiger partial charge < -0.3 is 9.80 Å². The molecule has 2 heterocycles. The van der Waals surface area contributed by atoms with E-state index in [1.54, 1.807) is 12.1 Å². The molecular weight excluding hydrogens is 363 g/mol. The number of piperidine rings is 1. The van der Waals surface area contributed by atoms with E-state index in [0.29, 0.717) is 25.4 Å². The van der Waals surface area contributed by atoms with Crippen molar-refractivity contribution in [2.24, 2.45) is 5.92 Å². The first kappa shape index (κ1) is 18.8. The second-order valence-electron chi connectivity index (χ2n) is 7.95. The summed E-state index contributed by atoms with van der Waals surface area (Å²) in [5.74, 6) is 1.38. The van der Waals surface area contributed by atoms with Gasteiger partial charge in [-0.25, -0.2) is 4.39 Å². The van der Waals surface area contributed by atoms with E-state index in [2.05, 4.69) is 4.90 Å². The maximum Gasteiger partial charge on any atom is 0.226 e. The molecule has 2 amide bonds. The van der Waals surface area contributed by atoms with Crippen LogP contribution in [0.4, 0.5) is 4.39 Å². The summed E-state index contributed by atoms with van der Waals surface area (Å²) in [6.45, 7) is 2.24. The molecule has 0 unspecified atom stereocenters. The highest BCUT2D eigenvalue weighted by molar-refractivity contribution is 8.00.